The number of aryl methyl sites for hydroxylation is 2. The molecule has 0 aliphatic heterocycles. The van der Waals surface area contributed by atoms with Crippen LogP contribution >= 0.6 is 27.5 Å². The molecule has 0 spiro atoms. The van der Waals surface area contributed by atoms with Crippen LogP contribution in [0.1, 0.15) is 42.0 Å². The van der Waals surface area contributed by atoms with Crippen molar-refractivity contribution in [1.29, 1.82) is 0 Å². The average molecular weight is 586 g/mol. The first kappa shape index (κ1) is 28.7. The van der Waals surface area contributed by atoms with Crippen LogP contribution in [0.3, 0.4) is 0 Å². The van der Waals surface area contributed by atoms with E-state index in [0.717, 1.165) is 39.6 Å². The Balaban J connectivity index is 1.91. The number of halogens is 2. The summed E-state index contributed by atoms with van der Waals surface area (Å²) in [4.78, 5) is 28.8. The first-order chi connectivity index (χ1) is 17.8. The summed E-state index contributed by atoms with van der Waals surface area (Å²) in [5, 5.41) is 3.57. The molecular formula is C30H34BrClN2O3. The zero-order chi connectivity index (χ0) is 26.8. The minimum Gasteiger partial charge on any atom is -0.484 e. The summed E-state index contributed by atoms with van der Waals surface area (Å²) in [6, 6.07) is 20.2. The van der Waals surface area contributed by atoms with Gasteiger partial charge in [0.15, 0.2) is 6.61 Å². The molecule has 1 N–H and O–H groups in total. The van der Waals surface area contributed by atoms with Crippen molar-refractivity contribution in [3.8, 4) is 5.75 Å². The molecule has 3 aromatic rings. The topological polar surface area (TPSA) is 58.6 Å². The van der Waals surface area contributed by atoms with Gasteiger partial charge in [-0.25, -0.2) is 0 Å². The Morgan fingerprint density at radius 2 is 1.68 bits per heavy atom. The normalized spacial score (nSPS) is 11.6. The molecule has 0 heterocycles. The SMILES string of the molecule is CCCCNC(=O)[C@H](Cc1ccccc1)N(Cc1ccccc1Cl)C(=O)COc1cc(C)c(Br)c(C)c1. The lowest BCUT2D eigenvalue weighted by Crippen LogP contribution is -2.51. The van der Waals surface area contributed by atoms with E-state index < -0.39 is 6.04 Å². The third kappa shape index (κ3) is 8.34. The van der Waals surface area contributed by atoms with Crippen molar-refractivity contribution in [1.82, 2.24) is 10.2 Å². The molecule has 0 radical (unpaired) electrons. The third-order valence-electron chi connectivity index (χ3n) is 6.17. The van der Waals surface area contributed by atoms with Crippen molar-refractivity contribution in [2.75, 3.05) is 13.2 Å². The van der Waals surface area contributed by atoms with E-state index in [-0.39, 0.29) is 25.0 Å². The fraction of sp³-hybridized carbons (Fsp3) is 0.333. The van der Waals surface area contributed by atoms with Crippen molar-refractivity contribution in [2.24, 2.45) is 0 Å². The molecule has 0 fully saturated rings. The number of nitrogens with zero attached hydrogens (tertiary/aromatic N) is 1. The van der Waals surface area contributed by atoms with Crippen LogP contribution in [-0.2, 0) is 22.6 Å². The van der Waals surface area contributed by atoms with Crippen LogP contribution in [-0.4, -0.2) is 35.9 Å². The summed E-state index contributed by atoms with van der Waals surface area (Å²) in [5.74, 6) is 0.133. The Morgan fingerprint density at radius 3 is 2.32 bits per heavy atom. The van der Waals surface area contributed by atoms with Crippen LogP contribution in [0.5, 0.6) is 5.75 Å². The maximum absolute atomic E-state index is 13.7. The number of unbranched alkanes of at least 4 members (excludes halogenated alkanes) is 1. The van der Waals surface area contributed by atoms with Gasteiger partial charge in [-0.15, -0.1) is 0 Å². The van der Waals surface area contributed by atoms with Crippen LogP contribution in [0.25, 0.3) is 0 Å². The number of ether oxygens (including phenoxy) is 1. The highest BCUT2D eigenvalue weighted by atomic mass is 79.9. The van der Waals surface area contributed by atoms with Gasteiger partial charge in [0, 0.05) is 29.0 Å². The molecule has 1 atom stereocenters. The van der Waals surface area contributed by atoms with Crippen LogP contribution in [0.4, 0.5) is 0 Å². The molecule has 196 valence electrons. The van der Waals surface area contributed by atoms with Gasteiger partial charge in [-0.05, 0) is 60.7 Å². The number of rotatable bonds is 12. The Kier molecular flexibility index (Phi) is 11.0. The summed E-state index contributed by atoms with van der Waals surface area (Å²) in [5.41, 5.74) is 3.78. The van der Waals surface area contributed by atoms with Gasteiger partial charge in [-0.2, -0.15) is 0 Å². The molecule has 7 heteroatoms. The molecule has 0 saturated carbocycles. The number of benzene rings is 3. The van der Waals surface area contributed by atoms with Gasteiger partial charge >= 0.3 is 0 Å². The lowest BCUT2D eigenvalue weighted by atomic mass is 10.0. The van der Waals surface area contributed by atoms with Gasteiger partial charge in [0.1, 0.15) is 11.8 Å². The van der Waals surface area contributed by atoms with Crippen LogP contribution in [0.15, 0.2) is 71.2 Å². The Labute approximate surface area is 233 Å². The molecule has 0 unspecified atom stereocenters. The number of carbonyl (C=O) groups is 2. The smallest absolute Gasteiger partial charge is 0.261 e. The fourth-order valence-corrected chi connectivity index (χ4v) is 4.51. The quantitative estimate of drug-likeness (QED) is 0.242. The highest BCUT2D eigenvalue weighted by Gasteiger charge is 2.31. The number of carbonyl (C=O) groups excluding carboxylic acids is 2. The number of nitrogens with one attached hydrogen (secondary N) is 1. The Morgan fingerprint density at radius 1 is 1.03 bits per heavy atom. The monoisotopic (exact) mass is 584 g/mol. The first-order valence-corrected chi connectivity index (χ1v) is 13.7. The van der Waals surface area contributed by atoms with E-state index in [2.05, 4.69) is 28.2 Å². The molecular weight excluding hydrogens is 552 g/mol. The summed E-state index contributed by atoms with van der Waals surface area (Å²) < 4.78 is 6.95. The van der Waals surface area contributed by atoms with Gasteiger partial charge in [0.2, 0.25) is 5.91 Å². The molecule has 5 nitrogen and oxygen atoms in total. The van der Waals surface area contributed by atoms with Gasteiger partial charge in [-0.3, -0.25) is 9.59 Å². The second kappa shape index (κ2) is 14.2. The van der Waals surface area contributed by atoms with E-state index in [9.17, 15) is 9.59 Å². The van der Waals surface area contributed by atoms with Gasteiger partial charge in [0.05, 0.1) is 0 Å². The largest absolute Gasteiger partial charge is 0.484 e. The summed E-state index contributed by atoms with van der Waals surface area (Å²) in [6.07, 6.45) is 2.21. The first-order valence-electron chi connectivity index (χ1n) is 12.5. The number of amides is 2. The number of hydrogen-bond donors (Lipinski definition) is 1. The highest BCUT2D eigenvalue weighted by Crippen LogP contribution is 2.27. The van der Waals surface area contributed by atoms with Crippen molar-refractivity contribution in [3.05, 3.63) is 98.5 Å². The maximum Gasteiger partial charge on any atom is 0.261 e. The zero-order valence-electron chi connectivity index (χ0n) is 21.6. The van der Waals surface area contributed by atoms with Crippen LogP contribution in [0.2, 0.25) is 5.02 Å². The van der Waals surface area contributed by atoms with Gasteiger partial charge in [0.25, 0.3) is 5.91 Å². The predicted octanol–water partition coefficient (Wildman–Crippen LogP) is 6.65. The van der Waals surface area contributed by atoms with Crippen molar-refractivity contribution in [2.45, 2.75) is 52.6 Å². The van der Waals surface area contributed by atoms with E-state index >= 15 is 0 Å². The highest BCUT2D eigenvalue weighted by molar-refractivity contribution is 9.10. The molecule has 0 aliphatic rings. The standard InChI is InChI=1S/C30H34BrClN2O3/c1-4-5-15-33-30(36)27(18-23-11-7-6-8-12-23)34(19-24-13-9-10-14-26(24)32)28(35)20-37-25-16-21(2)29(31)22(3)17-25/h6-14,16-17,27H,4-5,15,18-20H2,1-3H3,(H,33,36)/t27-/m0/s1. The lowest BCUT2D eigenvalue weighted by molar-refractivity contribution is -0.142. The van der Waals surface area contributed by atoms with Crippen molar-refractivity contribution < 1.29 is 14.3 Å². The predicted molar refractivity (Wildman–Crippen MR) is 153 cm³/mol. The van der Waals surface area contributed by atoms with Crippen LogP contribution in [0, 0.1) is 13.8 Å². The number of hydrogen-bond acceptors (Lipinski definition) is 3. The molecule has 3 aromatic carbocycles. The molecule has 0 aliphatic carbocycles. The summed E-state index contributed by atoms with van der Waals surface area (Å²) in [7, 11) is 0. The zero-order valence-corrected chi connectivity index (χ0v) is 23.9. The summed E-state index contributed by atoms with van der Waals surface area (Å²) >= 11 is 10.0. The molecule has 0 aromatic heterocycles. The van der Waals surface area contributed by atoms with Gasteiger partial charge in [-0.1, -0.05) is 89.4 Å². The average Bonchev–Trinajstić information content (AvgIpc) is 2.89. The van der Waals surface area contributed by atoms with E-state index in [4.69, 9.17) is 16.3 Å². The van der Waals surface area contributed by atoms with Crippen LogP contribution < -0.4 is 10.1 Å². The van der Waals surface area contributed by atoms with Gasteiger partial charge < -0.3 is 15.0 Å². The molecule has 2 amide bonds. The Bertz CT molecular complexity index is 1180. The summed E-state index contributed by atoms with van der Waals surface area (Å²) in [6.45, 7) is 6.59. The minimum atomic E-state index is -0.722. The van der Waals surface area contributed by atoms with E-state index in [1.165, 1.54) is 0 Å². The molecule has 0 saturated heterocycles. The van der Waals surface area contributed by atoms with E-state index in [0.29, 0.717) is 23.7 Å². The van der Waals surface area contributed by atoms with Crippen molar-refractivity contribution in [3.63, 3.8) is 0 Å². The van der Waals surface area contributed by atoms with E-state index in [1.54, 1.807) is 11.0 Å². The fourth-order valence-electron chi connectivity index (χ4n) is 4.09. The maximum atomic E-state index is 13.7. The van der Waals surface area contributed by atoms with Crippen molar-refractivity contribution >= 4 is 39.3 Å². The Hall–Kier alpha value is -2.83. The second-order valence-electron chi connectivity index (χ2n) is 9.12. The minimum absolute atomic E-state index is 0.187. The lowest BCUT2D eigenvalue weighted by Gasteiger charge is -2.31. The van der Waals surface area contributed by atoms with E-state index in [1.807, 2.05) is 74.5 Å². The second-order valence-corrected chi connectivity index (χ2v) is 10.3. The molecule has 0 bridgehead atoms. The third-order valence-corrected chi connectivity index (χ3v) is 7.79. The molecule has 3 rings (SSSR count). The molecule has 37 heavy (non-hydrogen) atoms.